The average Bonchev–Trinajstić information content (AvgIpc) is 2.30. The van der Waals surface area contributed by atoms with Gasteiger partial charge in [-0.3, -0.25) is 0 Å². The van der Waals surface area contributed by atoms with Crippen LogP contribution in [0.4, 0.5) is 4.79 Å². The maximum absolute atomic E-state index is 11.7. The van der Waals surface area contributed by atoms with Gasteiger partial charge < -0.3 is 20.7 Å². The third kappa shape index (κ3) is 9.15. The fourth-order valence-corrected chi connectivity index (χ4v) is 1.75. The van der Waals surface area contributed by atoms with Crippen LogP contribution in [-0.4, -0.2) is 49.8 Å². The Bertz CT molecular complexity index is 275. The van der Waals surface area contributed by atoms with E-state index in [0.29, 0.717) is 24.9 Å². The van der Waals surface area contributed by atoms with Gasteiger partial charge in [0.25, 0.3) is 0 Å². The molecule has 0 bridgehead atoms. The number of nitrogens with two attached hydrogens (primary N) is 1. The van der Waals surface area contributed by atoms with Crippen molar-refractivity contribution in [3.63, 3.8) is 0 Å². The van der Waals surface area contributed by atoms with Crippen LogP contribution < -0.4 is 11.1 Å². The third-order valence-electron chi connectivity index (χ3n) is 3.20. The topological polar surface area (TPSA) is 67.6 Å². The fraction of sp³-hybridized carbons (Fsp3) is 0.933. The normalized spacial score (nSPS) is 13.4. The van der Waals surface area contributed by atoms with Gasteiger partial charge in [-0.05, 0) is 58.7 Å². The summed E-state index contributed by atoms with van der Waals surface area (Å²) in [6.07, 6.45) is 0.644. The van der Waals surface area contributed by atoms with E-state index in [-0.39, 0.29) is 6.09 Å². The molecule has 120 valence electrons. The maximum atomic E-state index is 11.7. The monoisotopic (exact) mass is 287 g/mol. The Morgan fingerprint density at radius 1 is 1.35 bits per heavy atom. The van der Waals surface area contributed by atoms with Crippen molar-refractivity contribution in [2.24, 2.45) is 17.6 Å². The van der Waals surface area contributed by atoms with Crippen LogP contribution in [0.5, 0.6) is 0 Å². The summed E-state index contributed by atoms with van der Waals surface area (Å²) in [6, 6.07) is 0. The lowest BCUT2D eigenvalue weighted by Crippen LogP contribution is -2.36. The van der Waals surface area contributed by atoms with Crippen molar-refractivity contribution in [3.8, 4) is 0 Å². The smallest absolute Gasteiger partial charge is 0.410 e. The van der Waals surface area contributed by atoms with Crippen molar-refractivity contribution in [1.82, 2.24) is 10.2 Å². The minimum Gasteiger partial charge on any atom is -0.444 e. The third-order valence-corrected chi connectivity index (χ3v) is 3.20. The molecule has 0 aliphatic carbocycles. The average molecular weight is 287 g/mol. The van der Waals surface area contributed by atoms with Crippen molar-refractivity contribution < 1.29 is 9.53 Å². The summed E-state index contributed by atoms with van der Waals surface area (Å²) in [6.45, 7) is 13.2. The van der Waals surface area contributed by atoms with E-state index in [9.17, 15) is 4.79 Å². The summed E-state index contributed by atoms with van der Waals surface area (Å²) in [7, 11) is 1.77. The van der Waals surface area contributed by atoms with E-state index < -0.39 is 5.60 Å². The fourth-order valence-electron chi connectivity index (χ4n) is 1.75. The molecule has 1 amide bonds. The summed E-state index contributed by atoms with van der Waals surface area (Å²) in [5, 5.41) is 3.40. The van der Waals surface area contributed by atoms with Crippen molar-refractivity contribution in [1.29, 1.82) is 0 Å². The standard InChI is InChI=1S/C15H33N3O2/c1-12(2)13(10-16)11-17-8-7-9-18(6)14(19)20-15(3,4)5/h12-13,17H,7-11,16H2,1-6H3. The number of rotatable bonds is 8. The molecule has 0 fully saturated rings. The van der Waals surface area contributed by atoms with Crippen LogP contribution >= 0.6 is 0 Å². The first-order valence-electron chi connectivity index (χ1n) is 7.52. The molecule has 20 heavy (non-hydrogen) atoms. The number of hydrogen-bond acceptors (Lipinski definition) is 4. The van der Waals surface area contributed by atoms with Crippen LogP contribution in [0.15, 0.2) is 0 Å². The zero-order valence-electron chi connectivity index (χ0n) is 14.0. The molecule has 0 aliphatic heterocycles. The summed E-state index contributed by atoms with van der Waals surface area (Å²) < 4.78 is 5.29. The Balaban J connectivity index is 3.77. The minimum absolute atomic E-state index is 0.264. The first kappa shape index (κ1) is 19.2. The van der Waals surface area contributed by atoms with E-state index in [1.54, 1.807) is 11.9 Å². The highest BCUT2D eigenvalue weighted by Gasteiger charge is 2.19. The molecule has 5 nitrogen and oxygen atoms in total. The number of carbonyl (C=O) groups excluding carboxylic acids is 1. The molecule has 0 radical (unpaired) electrons. The Hall–Kier alpha value is -0.810. The molecule has 1 atom stereocenters. The lowest BCUT2D eigenvalue weighted by Gasteiger charge is -2.25. The predicted molar refractivity (Wildman–Crippen MR) is 83.7 cm³/mol. The summed E-state index contributed by atoms with van der Waals surface area (Å²) in [5.41, 5.74) is 5.29. The second-order valence-electron chi connectivity index (χ2n) is 6.70. The van der Waals surface area contributed by atoms with Gasteiger partial charge in [0, 0.05) is 13.6 Å². The molecule has 0 spiro atoms. The Labute approximate surface area is 124 Å². The van der Waals surface area contributed by atoms with E-state index >= 15 is 0 Å². The maximum Gasteiger partial charge on any atom is 0.410 e. The Morgan fingerprint density at radius 2 is 1.95 bits per heavy atom. The predicted octanol–water partition coefficient (Wildman–Crippen LogP) is 2.06. The summed E-state index contributed by atoms with van der Waals surface area (Å²) >= 11 is 0. The van der Waals surface area contributed by atoms with E-state index in [1.807, 2.05) is 20.8 Å². The van der Waals surface area contributed by atoms with Crippen LogP contribution in [-0.2, 0) is 4.74 Å². The number of nitrogens with zero attached hydrogens (tertiary/aromatic N) is 1. The van der Waals surface area contributed by atoms with E-state index in [1.165, 1.54) is 0 Å². The number of amides is 1. The number of hydrogen-bond donors (Lipinski definition) is 2. The molecule has 3 N–H and O–H groups in total. The second-order valence-corrected chi connectivity index (χ2v) is 6.70. The van der Waals surface area contributed by atoms with E-state index in [2.05, 4.69) is 19.2 Å². The zero-order valence-corrected chi connectivity index (χ0v) is 14.0. The highest BCUT2D eigenvalue weighted by molar-refractivity contribution is 5.67. The van der Waals surface area contributed by atoms with Crippen LogP contribution in [0, 0.1) is 11.8 Å². The molecule has 0 saturated carbocycles. The first-order chi connectivity index (χ1) is 9.17. The van der Waals surface area contributed by atoms with Gasteiger partial charge in [-0.1, -0.05) is 13.8 Å². The highest BCUT2D eigenvalue weighted by Crippen LogP contribution is 2.09. The van der Waals surface area contributed by atoms with E-state index in [4.69, 9.17) is 10.5 Å². The van der Waals surface area contributed by atoms with Gasteiger partial charge >= 0.3 is 6.09 Å². The Morgan fingerprint density at radius 3 is 2.40 bits per heavy atom. The highest BCUT2D eigenvalue weighted by atomic mass is 16.6. The quantitative estimate of drug-likeness (QED) is 0.671. The van der Waals surface area contributed by atoms with Crippen LogP contribution in [0.3, 0.4) is 0 Å². The van der Waals surface area contributed by atoms with Crippen molar-refractivity contribution in [2.75, 3.05) is 33.2 Å². The molecule has 0 aromatic heterocycles. The number of nitrogens with one attached hydrogen (secondary N) is 1. The molecule has 0 aromatic rings. The first-order valence-corrected chi connectivity index (χ1v) is 7.52. The van der Waals surface area contributed by atoms with Crippen LogP contribution in [0.2, 0.25) is 0 Å². The van der Waals surface area contributed by atoms with Gasteiger partial charge in [0.05, 0.1) is 0 Å². The molecule has 0 aliphatic rings. The van der Waals surface area contributed by atoms with Crippen LogP contribution in [0.1, 0.15) is 41.0 Å². The van der Waals surface area contributed by atoms with Crippen molar-refractivity contribution in [3.05, 3.63) is 0 Å². The van der Waals surface area contributed by atoms with Crippen LogP contribution in [0.25, 0.3) is 0 Å². The van der Waals surface area contributed by atoms with Crippen molar-refractivity contribution >= 4 is 6.09 Å². The molecule has 0 rings (SSSR count). The number of carbonyl (C=O) groups is 1. The molecule has 0 aromatic carbocycles. The van der Waals surface area contributed by atoms with Gasteiger partial charge in [0.2, 0.25) is 0 Å². The SMILES string of the molecule is CC(C)C(CN)CNCCCN(C)C(=O)OC(C)(C)C. The molecular formula is C15H33N3O2. The number of ether oxygens (including phenoxy) is 1. The zero-order chi connectivity index (χ0) is 15.8. The van der Waals surface area contributed by atoms with Gasteiger partial charge in [-0.15, -0.1) is 0 Å². The second kappa shape index (κ2) is 9.19. The van der Waals surface area contributed by atoms with Gasteiger partial charge in [0.1, 0.15) is 5.60 Å². The molecule has 0 heterocycles. The lowest BCUT2D eigenvalue weighted by molar-refractivity contribution is 0.0297. The van der Waals surface area contributed by atoms with Gasteiger partial charge in [0.15, 0.2) is 0 Å². The largest absolute Gasteiger partial charge is 0.444 e. The lowest BCUT2D eigenvalue weighted by atomic mass is 9.96. The molecule has 1 unspecified atom stereocenters. The molecule has 5 heteroatoms. The van der Waals surface area contributed by atoms with Gasteiger partial charge in [-0.2, -0.15) is 0 Å². The molecular weight excluding hydrogens is 254 g/mol. The van der Waals surface area contributed by atoms with Gasteiger partial charge in [-0.25, -0.2) is 4.79 Å². The molecule has 0 saturated heterocycles. The summed E-state index contributed by atoms with van der Waals surface area (Å²) in [5.74, 6) is 1.11. The Kier molecular flexibility index (Phi) is 8.81. The van der Waals surface area contributed by atoms with E-state index in [0.717, 1.165) is 19.5 Å². The summed E-state index contributed by atoms with van der Waals surface area (Å²) in [4.78, 5) is 13.4. The van der Waals surface area contributed by atoms with Crippen molar-refractivity contribution in [2.45, 2.75) is 46.6 Å². The minimum atomic E-state index is -0.435.